The standard InChI is InChI=1S/C10H8ClNO2S2/c1-2-14-9(13)8-7(12-10(11)16-8)6-4-3-5-15-6/h3-5H,2H2,1H3. The number of thiophene rings is 1. The fourth-order valence-corrected chi connectivity index (χ4v) is 3.01. The first-order valence-electron chi connectivity index (χ1n) is 4.59. The molecule has 0 saturated carbocycles. The van der Waals surface area contributed by atoms with Crippen LogP contribution in [0.5, 0.6) is 0 Å². The van der Waals surface area contributed by atoms with Crippen LogP contribution in [0.25, 0.3) is 10.6 Å². The number of aromatic nitrogens is 1. The van der Waals surface area contributed by atoms with Crippen molar-refractivity contribution in [2.75, 3.05) is 6.61 Å². The Morgan fingerprint density at radius 3 is 3.06 bits per heavy atom. The molecule has 0 bridgehead atoms. The largest absolute Gasteiger partial charge is 0.462 e. The van der Waals surface area contributed by atoms with E-state index in [0.717, 1.165) is 16.2 Å². The summed E-state index contributed by atoms with van der Waals surface area (Å²) in [6, 6.07) is 3.81. The van der Waals surface area contributed by atoms with Crippen molar-refractivity contribution in [3.8, 4) is 10.6 Å². The minimum absolute atomic E-state index is 0.345. The first-order chi connectivity index (χ1) is 7.72. The summed E-state index contributed by atoms with van der Waals surface area (Å²) in [6.45, 7) is 2.11. The first-order valence-corrected chi connectivity index (χ1v) is 6.67. The van der Waals surface area contributed by atoms with E-state index in [1.54, 1.807) is 6.92 Å². The van der Waals surface area contributed by atoms with Gasteiger partial charge in [-0.05, 0) is 18.4 Å². The van der Waals surface area contributed by atoms with E-state index in [1.807, 2.05) is 17.5 Å². The Kier molecular flexibility index (Phi) is 3.58. The molecule has 2 aromatic heterocycles. The molecule has 0 unspecified atom stereocenters. The molecule has 0 atom stereocenters. The molecule has 0 N–H and O–H groups in total. The number of halogens is 1. The molecular weight excluding hydrogens is 266 g/mol. The van der Waals surface area contributed by atoms with Crippen molar-refractivity contribution < 1.29 is 9.53 Å². The van der Waals surface area contributed by atoms with E-state index in [4.69, 9.17) is 16.3 Å². The van der Waals surface area contributed by atoms with Crippen LogP contribution in [0.15, 0.2) is 17.5 Å². The maximum Gasteiger partial charge on any atom is 0.350 e. The van der Waals surface area contributed by atoms with Crippen LogP contribution in [0.3, 0.4) is 0 Å². The molecule has 0 amide bonds. The van der Waals surface area contributed by atoms with E-state index in [9.17, 15) is 4.79 Å². The number of hydrogen-bond acceptors (Lipinski definition) is 5. The number of nitrogens with zero attached hydrogens (tertiary/aromatic N) is 1. The second-order valence-electron chi connectivity index (χ2n) is 2.84. The highest BCUT2D eigenvalue weighted by Gasteiger charge is 2.20. The molecular formula is C10H8ClNO2S2. The van der Waals surface area contributed by atoms with Crippen molar-refractivity contribution in [1.82, 2.24) is 4.98 Å². The molecule has 2 rings (SSSR count). The van der Waals surface area contributed by atoms with Gasteiger partial charge in [-0.1, -0.05) is 29.0 Å². The molecule has 0 aliphatic rings. The molecule has 0 saturated heterocycles. The summed E-state index contributed by atoms with van der Waals surface area (Å²) in [5.41, 5.74) is 0.614. The molecule has 16 heavy (non-hydrogen) atoms. The predicted molar refractivity (Wildman–Crippen MR) is 66.4 cm³/mol. The molecule has 0 aliphatic carbocycles. The number of carbonyl (C=O) groups excluding carboxylic acids is 1. The van der Waals surface area contributed by atoms with Crippen LogP contribution in [0, 0.1) is 0 Å². The highest BCUT2D eigenvalue weighted by atomic mass is 35.5. The second kappa shape index (κ2) is 4.95. The zero-order valence-electron chi connectivity index (χ0n) is 8.40. The van der Waals surface area contributed by atoms with E-state index < -0.39 is 0 Å². The van der Waals surface area contributed by atoms with Gasteiger partial charge < -0.3 is 4.74 Å². The van der Waals surface area contributed by atoms with Crippen LogP contribution in [-0.4, -0.2) is 17.6 Å². The minimum atomic E-state index is -0.365. The van der Waals surface area contributed by atoms with Gasteiger partial charge in [-0.25, -0.2) is 9.78 Å². The third-order valence-electron chi connectivity index (χ3n) is 1.82. The van der Waals surface area contributed by atoms with Crippen molar-refractivity contribution in [3.05, 3.63) is 26.9 Å². The summed E-state index contributed by atoms with van der Waals surface area (Å²) in [6.07, 6.45) is 0. The van der Waals surface area contributed by atoms with Gasteiger partial charge in [-0.15, -0.1) is 11.3 Å². The van der Waals surface area contributed by atoms with Crippen molar-refractivity contribution in [1.29, 1.82) is 0 Å². The Morgan fingerprint density at radius 1 is 1.62 bits per heavy atom. The quantitative estimate of drug-likeness (QED) is 0.801. The molecule has 0 fully saturated rings. The summed E-state index contributed by atoms with van der Waals surface area (Å²) >= 11 is 8.49. The number of rotatable bonds is 3. The Morgan fingerprint density at radius 2 is 2.44 bits per heavy atom. The lowest BCUT2D eigenvalue weighted by Crippen LogP contribution is -2.03. The van der Waals surface area contributed by atoms with Gasteiger partial charge in [-0.3, -0.25) is 0 Å². The number of thiazole rings is 1. The van der Waals surface area contributed by atoms with Gasteiger partial charge in [0.1, 0.15) is 10.6 Å². The zero-order valence-corrected chi connectivity index (χ0v) is 10.8. The molecule has 3 nitrogen and oxygen atoms in total. The molecule has 84 valence electrons. The molecule has 0 aromatic carbocycles. The summed E-state index contributed by atoms with van der Waals surface area (Å²) in [5.74, 6) is -0.365. The lowest BCUT2D eigenvalue weighted by Gasteiger charge is -1.99. The lowest BCUT2D eigenvalue weighted by molar-refractivity contribution is 0.0533. The fourth-order valence-electron chi connectivity index (χ4n) is 1.21. The predicted octanol–water partition coefficient (Wildman–Crippen LogP) is 3.70. The van der Waals surface area contributed by atoms with Gasteiger partial charge >= 0.3 is 5.97 Å². The van der Waals surface area contributed by atoms with Crippen molar-refractivity contribution in [2.45, 2.75) is 6.92 Å². The van der Waals surface area contributed by atoms with Gasteiger partial charge in [0.15, 0.2) is 4.47 Å². The van der Waals surface area contributed by atoms with Crippen LogP contribution in [0.1, 0.15) is 16.6 Å². The van der Waals surface area contributed by atoms with E-state index in [1.165, 1.54) is 11.3 Å². The highest BCUT2D eigenvalue weighted by molar-refractivity contribution is 7.19. The third-order valence-corrected chi connectivity index (χ3v) is 3.83. The molecule has 0 radical (unpaired) electrons. The molecule has 6 heteroatoms. The van der Waals surface area contributed by atoms with Gasteiger partial charge in [0.25, 0.3) is 0 Å². The second-order valence-corrected chi connectivity index (χ2v) is 5.37. The topological polar surface area (TPSA) is 39.2 Å². The number of esters is 1. The van der Waals surface area contributed by atoms with E-state index in [0.29, 0.717) is 21.6 Å². The number of hydrogen-bond donors (Lipinski definition) is 0. The van der Waals surface area contributed by atoms with Gasteiger partial charge in [-0.2, -0.15) is 0 Å². The van der Waals surface area contributed by atoms with Gasteiger partial charge in [0.2, 0.25) is 0 Å². The average Bonchev–Trinajstić information content (AvgIpc) is 2.85. The summed E-state index contributed by atoms with van der Waals surface area (Å²) in [7, 11) is 0. The Hall–Kier alpha value is -0.910. The fraction of sp³-hybridized carbons (Fsp3) is 0.200. The maximum atomic E-state index is 11.7. The van der Waals surface area contributed by atoms with Gasteiger partial charge in [0.05, 0.1) is 11.5 Å². The van der Waals surface area contributed by atoms with Crippen molar-refractivity contribution >= 4 is 40.2 Å². The third kappa shape index (κ3) is 2.26. The Bertz CT molecular complexity index is 493. The lowest BCUT2D eigenvalue weighted by atomic mass is 10.3. The van der Waals surface area contributed by atoms with Crippen LogP contribution in [0.2, 0.25) is 4.47 Å². The normalized spacial score (nSPS) is 10.4. The Balaban J connectivity index is 2.42. The molecule has 0 spiro atoms. The Labute approximate surface area is 106 Å². The zero-order chi connectivity index (χ0) is 11.5. The first kappa shape index (κ1) is 11.6. The van der Waals surface area contributed by atoms with Crippen molar-refractivity contribution in [3.63, 3.8) is 0 Å². The SMILES string of the molecule is CCOC(=O)c1sc(Cl)nc1-c1cccs1. The van der Waals surface area contributed by atoms with Crippen LogP contribution < -0.4 is 0 Å². The van der Waals surface area contributed by atoms with Crippen molar-refractivity contribution in [2.24, 2.45) is 0 Å². The summed E-state index contributed by atoms with van der Waals surface area (Å²) < 4.78 is 5.31. The van der Waals surface area contributed by atoms with E-state index in [-0.39, 0.29) is 5.97 Å². The average molecular weight is 274 g/mol. The van der Waals surface area contributed by atoms with Gasteiger partial charge in [0, 0.05) is 0 Å². The molecule has 0 aliphatic heterocycles. The molecule has 2 heterocycles. The summed E-state index contributed by atoms with van der Waals surface area (Å²) in [5, 5.41) is 1.93. The number of ether oxygens (including phenoxy) is 1. The maximum absolute atomic E-state index is 11.7. The number of carbonyl (C=O) groups is 1. The van der Waals surface area contributed by atoms with E-state index >= 15 is 0 Å². The van der Waals surface area contributed by atoms with Crippen LogP contribution >= 0.6 is 34.3 Å². The monoisotopic (exact) mass is 273 g/mol. The highest BCUT2D eigenvalue weighted by Crippen LogP contribution is 2.33. The smallest absolute Gasteiger partial charge is 0.350 e. The summed E-state index contributed by atoms with van der Waals surface area (Å²) in [4.78, 5) is 17.2. The van der Waals surface area contributed by atoms with Crippen LogP contribution in [-0.2, 0) is 4.74 Å². The minimum Gasteiger partial charge on any atom is -0.462 e. The molecule has 2 aromatic rings. The van der Waals surface area contributed by atoms with E-state index in [2.05, 4.69) is 4.98 Å². The van der Waals surface area contributed by atoms with Crippen LogP contribution in [0.4, 0.5) is 0 Å².